The number of amides is 1. The van der Waals surface area contributed by atoms with Crippen molar-refractivity contribution in [1.82, 2.24) is 5.32 Å². The number of nitrogens with one attached hydrogen (secondary N) is 2. The van der Waals surface area contributed by atoms with Crippen LogP contribution >= 0.6 is 0 Å². The molecule has 0 unspecified atom stereocenters. The third-order valence-corrected chi connectivity index (χ3v) is 4.23. The fraction of sp³-hybridized carbons (Fsp3) is 0.316. The molecule has 126 valence electrons. The molecular formula is C19H22FN3O. The average Bonchev–Trinajstić information content (AvgIpc) is 3.14. The molecule has 0 aromatic heterocycles. The van der Waals surface area contributed by atoms with E-state index in [9.17, 15) is 9.18 Å². The Balaban J connectivity index is 1.45. The zero-order valence-corrected chi connectivity index (χ0v) is 13.6. The number of halogens is 1. The Kier molecular flexibility index (Phi) is 5.31. The Bertz CT molecular complexity index is 681. The lowest BCUT2D eigenvalue weighted by Gasteiger charge is -2.18. The van der Waals surface area contributed by atoms with Gasteiger partial charge in [0.25, 0.3) is 0 Å². The minimum atomic E-state index is -0.303. The van der Waals surface area contributed by atoms with Crippen molar-refractivity contribution >= 4 is 17.3 Å². The highest BCUT2D eigenvalue weighted by Crippen LogP contribution is 2.21. The Morgan fingerprint density at radius 3 is 2.46 bits per heavy atom. The molecule has 1 fully saturated rings. The van der Waals surface area contributed by atoms with E-state index in [2.05, 4.69) is 27.7 Å². The molecule has 0 saturated carbocycles. The summed E-state index contributed by atoms with van der Waals surface area (Å²) < 4.78 is 13.5. The Hall–Kier alpha value is -2.56. The molecule has 1 saturated heterocycles. The van der Waals surface area contributed by atoms with Gasteiger partial charge in [0.2, 0.25) is 5.91 Å². The second-order valence-electron chi connectivity index (χ2n) is 5.96. The van der Waals surface area contributed by atoms with Crippen molar-refractivity contribution in [3.8, 4) is 0 Å². The van der Waals surface area contributed by atoms with Crippen LogP contribution in [-0.2, 0) is 11.3 Å². The lowest BCUT2D eigenvalue weighted by molar-refractivity contribution is -0.119. The minimum Gasteiger partial charge on any atom is -0.376 e. The van der Waals surface area contributed by atoms with Crippen LogP contribution < -0.4 is 15.5 Å². The molecule has 3 rings (SSSR count). The largest absolute Gasteiger partial charge is 0.376 e. The van der Waals surface area contributed by atoms with Gasteiger partial charge in [-0.3, -0.25) is 4.79 Å². The molecule has 5 heteroatoms. The van der Waals surface area contributed by atoms with Crippen molar-refractivity contribution in [3.63, 3.8) is 0 Å². The molecule has 1 heterocycles. The number of hydrogen-bond acceptors (Lipinski definition) is 3. The van der Waals surface area contributed by atoms with Gasteiger partial charge >= 0.3 is 0 Å². The predicted molar refractivity (Wildman–Crippen MR) is 94.6 cm³/mol. The maximum absolute atomic E-state index is 13.5. The van der Waals surface area contributed by atoms with Crippen molar-refractivity contribution in [1.29, 1.82) is 0 Å². The van der Waals surface area contributed by atoms with Gasteiger partial charge in [0.15, 0.2) is 0 Å². The summed E-state index contributed by atoms with van der Waals surface area (Å²) in [5.41, 5.74) is 2.61. The molecule has 0 aliphatic carbocycles. The van der Waals surface area contributed by atoms with Crippen molar-refractivity contribution in [2.75, 3.05) is 29.9 Å². The third kappa shape index (κ3) is 4.25. The van der Waals surface area contributed by atoms with E-state index in [1.165, 1.54) is 24.6 Å². The van der Waals surface area contributed by atoms with E-state index in [1.807, 2.05) is 12.1 Å². The van der Waals surface area contributed by atoms with E-state index < -0.39 is 0 Å². The molecular weight excluding hydrogens is 305 g/mol. The normalized spacial score (nSPS) is 13.8. The molecule has 2 N–H and O–H groups in total. The fourth-order valence-electron chi connectivity index (χ4n) is 2.85. The van der Waals surface area contributed by atoms with Gasteiger partial charge in [-0.15, -0.1) is 0 Å². The summed E-state index contributed by atoms with van der Waals surface area (Å²) in [5, 5.41) is 5.81. The number of benzene rings is 2. The highest BCUT2D eigenvalue weighted by Gasteiger charge is 2.11. The number of hydrogen-bond donors (Lipinski definition) is 2. The van der Waals surface area contributed by atoms with E-state index in [1.54, 1.807) is 18.2 Å². The van der Waals surface area contributed by atoms with E-state index in [4.69, 9.17) is 0 Å². The van der Waals surface area contributed by atoms with E-state index in [-0.39, 0.29) is 24.8 Å². The molecule has 4 nitrogen and oxygen atoms in total. The quantitative estimate of drug-likeness (QED) is 0.857. The van der Waals surface area contributed by atoms with Crippen LogP contribution in [0.3, 0.4) is 0 Å². The topological polar surface area (TPSA) is 44.4 Å². The monoisotopic (exact) mass is 327 g/mol. The summed E-state index contributed by atoms with van der Waals surface area (Å²) in [6, 6.07) is 14.6. The van der Waals surface area contributed by atoms with Crippen molar-refractivity contribution in [2.24, 2.45) is 0 Å². The summed E-state index contributed by atoms with van der Waals surface area (Å²) in [7, 11) is 0. The van der Waals surface area contributed by atoms with Crippen molar-refractivity contribution in [2.45, 2.75) is 19.4 Å². The van der Waals surface area contributed by atoms with Crippen LogP contribution in [0.5, 0.6) is 0 Å². The molecule has 1 aliphatic heterocycles. The van der Waals surface area contributed by atoms with Gasteiger partial charge in [0, 0.05) is 36.6 Å². The maximum Gasteiger partial charge on any atom is 0.239 e. The molecule has 0 spiro atoms. The first-order valence-electron chi connectivity index (χ1n) is 8.31. The summed E-state index contributed by atoms with van der Waals surface area (Å²) in [4.78, 5) is 14.2. The van der Waals surface area contributed by atoms with Crippen LogP contribution in [0, 0.1) is 5.82 Å². The van der Waals surface area contributed by atoms with Crippen LogP contribution in [0.4, 0.5) is 15.8 Å². The van der Waals surface area contributed by atoms with Crippen molar-refractivity contribution in [3.05, 3.63) is 59.9 Å². The molecule has 0 bridgehead atoms. The highest BCUT2D eigenvalue weighted by molar-refractivity contribution is 5.80. The summed E-state index contributed by atoms with van der Waals surface area (Å²) in [5.74, 6) is -0.467. The molecule has 24 heavy (non-hydrogen) atoms. The number of nitrogens with zero attached hydrogens (tertiary/aromatic N) is 1. The van der Waals surface area contributed by atoms with Gasteiger partial charge in [0.05, 0.1) is 6.54 Å². The van der Waals surface area contributed by atoms with Gasteiger partial charge in [-0.25, -0.2) is 4.39 Å². The zero-order valence-electron chi connectivity index (χ0n) is 13.6. The summed E-state index contributed by atoms with van der Waals surface area (Å²) >= 11 is 0. The van der Waals surface area contributed by atoms with E-state index >= 15 is 0 Å². The van der Waals surface area contributed by atoms with Crippen LogP contribution in [0.15, 0.2) is 48.5 Å². The molecule has 2 aromatic rings. The van der Waals surface area contributed by atoms with E-state index in [0.29, 0.717) is 5.56 Å². The average molecular weight is 327 g/mol. The second kappa shape index (κ2) is 7.81. The van der Waals surface area contributed by atoms with Crippen LogP contribution in [-0.4, -0.2) is 25.5 Å². The Morgan fingerprint density at radius 2 is 1.75 bits per heavy atom. The smallest absolute Gasteiger partial charge is 0.239 e. The van der Waals surface area contributed by atoms with Gasteiger partial charge in [-0.2, -0.15) is 0 Å². The highest BCUT2D eigenvalue weighted by atomic mass is 19.1. The molecule has 2 aromatic carbocycles. The van der Waals surface area contributed by atoms with E-state index in [0.717, 1.165) is 18.8 Å². The number of carbonyl (C=O) groups excluding carboxylic acids is 1. The minimum absolute atomic E-state index is 0.164. The van der Waals surface area contributed by atoms with Gasteiger partial charge < -0.3 is 15.5 Å². The molecule has 1 amide bonds. The number of carbonyl (C=O) groups is 1. The van der Waals surface area contributed by atoms with Crippen LogP contribution in [0.25, 0.3) is 0 Å². The molecule has 1 aliphatic rings. The van der Waals surface area contributed by atoms with Gasteiger partial charge in [-0.05, 0) is 43.2 Å². The number of rotatable bonds is 6. The van der Waals surface area contributed by atoms with Crippen LogP contribution in [0.1, 0.15) is 18.4 Å². The zero-order chi connectivity index (χ0) is 16.8. The molecule has 0 atom stereocenters. The standard InChI is InChI=1S/C19H22FN3O/c20-18-6-2-1-5-15(18)13-22-19(24)14-21-16-7-9-17(10-8-16)23-11-3-4-12-23/h1-2,5-10,21H,3-4,11-14H2,(H,22,24). The lowest BCUT2D eigenvalue weighted by atomic mass is 10.2. The molecule has 0 radical (unpaired) electrons. The first-order chi connectivity index (χ1) is 11.7. The summed E-state index contributed by atoms with van der Waals surface area (Å²) in [6.07, 6.45) is 2.50. The fourth-order valence-corrected chi connectivity index (χ4v) is 2.85. The van der Waals surface area contributed by atoms with Crippen LogP contribution in [0.2, 0.25) is 0 Å². The Morgan fingerprint density at radius 1 is 1.04 bits per heavy atom. The second-order valence-corrected chi connectivity index (χ2v) is 5.96. The first-order valence-corrected chi connectivity index (χ1v) is 8.31. The lowest BCUT2D eigenvalue weighted by Crippen LogP contribution is -2.29. The van der Waals surface area contributed by atoms with Crippen molar-refractivity contribution < 1.29 is 9.18 Å². The van der Waals surface area contributed by atoms with Gasteiger partial charge in [0.1, 0.15) is 5.82 Å². The maximum atomic E-state index is 13.5. The Labute approximate surface area is 141 Å². The predicted octanol–water partition coefficient (Wildman–Crippen LogP) is 3.15. The third-order valence-electron chi connectivity index (χ3n) is 4.23. The summed E-state index contributed by atoms with van der Waals surface area (Å²) in [6.45, 7) is 2.59. The number of anilines is 2. The first kappa shape index (κ1) is 16.3. The SMILES string of the molecule is O=C(CNc1ccc(N2CCCC2)cc1)NCc1ccccc1F. The van der Waals surface area contributed by atoms with Gasteiger partial charge in [-0.1, -0.05) is 18.2 Å².